The summed E-state index contributed by atoms with van der Waals surface area (Å²) >= 11 is 0. The maximum atomic E-state index is 12.2. The van der Waals surface area contributed by atoms with Crippen molar-refractivity contribution in [3.8, 4) is 0 Å². The summed E-state index contributed by atoms with van der Waals surface area (Å²) in [6, 6.07) is 0. The van der Waals surface area contributed by atoms with Gasteiger partial charge in [-0.25, -0.2) is 8.42 Å². The molecule has 0 aromatic heterocycles. The molecule has 0 rings (SSSR count). The van der Waals surface area contributed by atoms with Gasteiger partial charge in [0.2, 0.25) is 23.6 Å². The van der Waals surface area contributed by atoms with Gasteiger partial charge in [0.05, 0.1) is 51.6 Å². The van der Waals surface area contributed by atoms with Gasteiger partial charge < -0.3 is 37.9 Å². The van der Waals surface area contributed by atoms with Gasteiger partial charge in [0.1, 0.15) is 0 Å². The van der Waals surface area contributed by atoms with E-state index in [1.165, 1.54) is 35.8 Å². The Kier molecular flexibility index (Phi) is 61.7. The summed E-state index contributed by atoms with van der Waals surface area (Å²) in [5.74, 6) is -3.54. The molecule has 4 amide bonds. The standard InChI is InChI=1S/C13H24F5NO4S2.C13H24F3NO5S.C11H23NO5S.C10H16F6N2O4S.4Na.3H/c1-19(10-11-24(21,22)23)13(20)9-7-5-3-2-4-6-8-12-25(14,15,16,17)18;1-17(8-11-23(19,20)21)12(18)6-4-2-3-5-9-22-10-7-13(14,15)16;1-12(8-10-18(14,15)16)11(13)7-5-3-4-6-9-17-2;1-17(6-7-23(20,21)22)8(19)4-2-3-5-18(9(11,12)13)10(14,15)16;;;;;;;/h8,12H,2-7,9-11H2,1H3,(H,21,22,23);2-11H2,1H3,(H,19,20,21);3-10H2,1-2H3,(H,14,15,16);2-7H2,1H3,(H,20,21,22);;;;;;;/q;;;;4*+1;3*-1/p-1/b12-8+;;;;;;;;;;. The fourth-order valence-corrected chi connectivity index (χ4v) is 9.04. The fourth-order valence-electron chi connectivity index (χ4n) is 6.53. The van der Waals surface area contributed by atoms with E-state index in [1.807, 2.05) is 0 Å². The third-order valence-electron chi connectivity index (χ3n) is 11.6. The number of hydrogen-bond acceptors (Lipinski definition) is 16. The molecule has 46 heteroatoms. The minimum Gasteiger partial charge on any atom is -1.00 e. The van der Waals surface area contributed by atoms with Gasteiger partial charge in [-0.05, 0) is 57.8 Å². The molecule has 0 spiro atoms. The van der Waals surface area contributed by atoms with Crippen LogP contribution in [0.1, 0.15) is 139 Å². The molecule has 0 saturated carbocycles. The van der Waals surface area contributed by atoms with Gasteiger partial charge in [0, 0.05) is 107 Å². The van der Waals surface area contributed by atoms with E-state index >= 15 is 0 Å². The molecular formula is C47H89F14N5Na4O18S5. The van der Waals surface area contributed by atoms with Crippen molar-refractivity contribution in [1.29, 1.82) is 0 Å². The quantitative estimate of drug-likeness (QED) is 0.0194. The molecule has 0 bridgehead atoms. The fraction of sp³-hybridized carbons (Fsp3) is 0.872. The molecule has 0 aliphatic heterocycles. The first-order chi connectivity index (χ1) is 40.0. The van der Waals surface area contributed by atoms with Crippen LogP contribution in [0.2, 0.25) is 0 Å². The first-order valence-electron chi connectivity index (χ1n) is 27.2. The zero-order valence-electron chi connectivity index (χ0n) is 57.0. The van der Waals surface area contributed by atoms with Crippen LogP contribution in [0.15, 0.2) is 11.5 Å². The van der Waals surface area contributed by atoms with Crippen molar-refractivity contribution in [2.24, 2.45) is 0 Å². The zero-order chi connectivity index (χ0) is 70.3. The third kappa shape index (κ3) is 83.1. The number of hydrogen-bond donors (Lipinski definition) is 3. The summed E-state index contributed by atoms with van der Waals surface area (Å²) in [6.45, 7) is -1.23. The Morgan fingerprint density at radius 1 is 0.452 bits per heavy atom. The number of methoxy groups -OCH3 is 1. The van der Waals surface area contributed by atoms with Gasteiger partial charge in [-0.3, -0.25) is 32.8 Å². The second-order valence-corrected chi connectivity index (χ2v) is 28.5. The number of rotatable bonds is 42. The Labute approximate surface area is 630 Å². The normalized spacial score (nSPS) is 12.9. The number of unbranched alkanes of at least 4 members (excludes halogenated alkanes) is 12. The van der Waals surface area contributed by atoms with Crippen LogP contribution in [-0.2, 0) is 69.1 Å². The first kappa shape index (κ1) is 109. The van der Waals surface area contributed by atoms with Crippen molar-refractivity contribution in [2.75, 3.05) is 111 Å². The van der Waals surface area contributed by atoms with E-state index in [0.717, 1.165) is 50.0 Å². The van der Waals surface area contributed by atoms with Gasteiger partial charge in [0.25, 0.3) is 30.4 Å². The molecule has 0 aliphatic rings. The summed E-state index contributed by atoms with van der Waals surface area (Å²) in [6.07, 6.45) is -7.04. The Balaban J connectivity index is -0.000000109. The summed E-state index contributed by atoms with van der Waals surface area (Å²) in [5.41, 5.74) is 0. The average Bonchev–Trinajstić information content (AvgIpc) is 3.35. The first-order valence-corrected chi connectivity index (χ1v) is 35.6. The van der Waals surface area contributed by atoms with Crippen LogP contribution in [0.3, 0.4) is 0 Å². The third-order valence-corrected chi connectivity index (χ3v) is 15.1. The molecule has 0 aromatic rings. The number of amides is 4. The van der Waals surface area contributed by atoms with E-state index < -0.39 is 135 Å². The molecule has 542 valence electrons. The maximum absolute atomic E-state index is 12.2. The van der Waals surface area contributed by atoms with Crippen LogP contribution < -0.4 is 118 Å². The average molecular weight is 1530 g/mol. The molecule has 3 N–H and O–H groups in total. The Morgan fingerprint density at radius 2 is 0.742 bits per heavy atom. The van der Waals surface area contributed by atoms with Crippen LogP contribution in [0.25, 0.3) is 0 Å². The van der Waals surface area contributed by atoms with E-state index in [0.29, 0.717) is 57.4 Å². The summed E-state index contributed by atoms with van der Waals surface area (Å²) in [7, 11) is -18.9. The molecule has 0 atom stereocenters. The SMILES string of the molecule is CN(CCS(=O)(=O)O)C(=O)CCCCCCC/C=C/S(F)(F)(F)(F)F.CN(CCS(=O)(=O)O)C(=O)CCCCCCOCCC(F)(F)F.CN(CCS(=O)(=O)[O-])C(=O)CCCCN(C(F)(F)F)C(F)(F)F.COCCCCCCC(=O)N(C)CCS(=O)(=O)O.[H-].[H-].[H-].[Na+].[Na+].[Na+].[Na+]. The summed E-state index contributed by atoms with van der Waals surface area (Å²) in [5, 5.41) is -0.929. The minimum atomic E-state index is -9.45. The molecule has 0 aliphatic carbocycles. The van der Waals surface area contributed by atoms with Crippen molar-refractivity contribution in [2.45, 2.75) is 154 Å². The van der Waals surface area contributed by atoms with Crippen molar-refractivity contribution < 1.29 is 262 Å². The van der Waals surface area contributed by atoms with Gasteiger partial charge in [-0.2, -0.15) is 64.8 Å². The van der Waals surface area contributed by atoms with E-state index in [2.05, 4.69) is 0 Å². The summed E-state index contributed by atoms with van der Waals surface area (Å²) < 4.78 is 298. The number of nitrogens with zero attached hydrogens (tertiary/aromatic N) is 5. The van der Waals surface area contributed by atoms with Gasteiger partial charge in [-0.15, -0.1) is 4.90 Å². The maximum Gasteiger partial charge on any atom is 1.00 e. The van der Waals surface area contributed by atoms with E-state index in [-0.39, 0.29) is 205 Å². The minimum absolute atomic E-state index is 0. The molecule has 23 nitrogen and oxygen atoms in total. The molecule has 0 heterocycles. The van der Waals surface area contributed by atoms with Crippen LogP contribution in [0.4, 0.5) is 58.9 Å². The Bertz CT molecular complexity index is 2550. The molecule has 0 saturated heterocycles. The number of allylic oxidation sites excluding steroid dienone is 1. The second-order valence-electron chi connectivity index (χ2n) is 19.9. The van der Waals surface area contributed by atoms with Crippen molar-refractivity contribution in [3.05, 3.63) is 11.5 Å². The molecule has 0 radical (unpaired) electrons. The molecule has 93 heavy (non-hydrogen) atoms. The number of alkyl halides is 9. The van der Waals surface area contributed by atoms with Crippen molar-refractivity contribution in [3.63, 3.8) is 0 Å². The number of carbonyl (C=O) groups excluding carboxylic acids is 4. The largest absolute Gasteiger partial charge is 1.00 e. The molecular weight excluding hydrogens is 1440 g/mol. The Morgan fingerprint density at radius 3 is 1.03 bits per heavy atom. The van der Waals surface area contributed by atoms with Crippen LogP contribution >= 0.6 is 10.2 Å². The van der Waals surface area contributed by atoms with Crippen molar-refractivity contribution in [1.82, 2.24) is 24.5 Å². The van der Waals surface area contributed by atoms with Crippen LogP contribution in [0.5, 0.6) is 0 Å². The molecule has 0 fully saturated rings. The van der Waals surface area contributed by atoms with Gasteiger partial charge in [-0.1, -0.05) is 70.5 Å². The Hall–Kier alpha value is 0.510. The van der Waals surface area contributed by atoms with E-state index in [4.69, 9.17) is 23.1 Å². The smallest absolute Gasteiger partial charge is 1.00 e. The predicted molar refractivity (Wildman–Crippen MR) is 304 cm³/mol. The van der Waals surface area contributed by atoms with E-state index in [9.17, 15) is 116 Å². The predicted octanol–water partition coefficient (Wildman–Crippen LogP) is -2.09. The number of halogens is 14. The zero-order valence-corrected chi connectivity index (χ0v) is 66.1. The number of carbonyl (C=O) groups is 4. The van der Waals surface area contributed by atoms with Crippen LogP contribution in [0, 0.1) is 0 Å². The van der Waals surface area contributed by atoms with Crippen LogP contribution in [-0.4, -0.2) is 230 Å². The monoisotopic (exact) mass is 1530 g/mol. The van der Waals surface area contributed by atoms with Crippen molar-refractivity contribution >= 4 is 74.3 Å². The van der Waals surface area contributed by atoms with E-state index in [1.54, 1.807) is 14.2 Å². The second kappa shape index (κ2) is 52.5. The van der Waals surface area contributed by atoms with Gasteiger partial charge in [0.15, 0.2) is 0 Å². The molecule has 0 aromatic carbocycles. The number of ether oxygens (including phenoxy) is 2. The van der Waals surface area contributed by atoms with Gasteiger partial charge >= 0.3 is 147 Å². The topological polar surface area (TPSA) is 323 Å². The molecule has 0 unspecified atom stereocenters. The summed E-state index contributed by atoms with van der Waals surface area (Å²) in [4.78, 5) is 49.4.